The minimum absolute atomic E-state index is 0.00911. The van der Waals surface area contributed by atoms with E-state index in [1.807, 2.05) is 0 Å². The lowest BCUT2D eigenvalue weighted by molar-refractivity contribution is -0.706. The van der Waals surface area contributed by atoms with Crippen molar-refractivity contribution in [2.75, 3.05) is 17.3 Å². The number of amides is 2. The number of aromatic nitrogens is 1. The molecule has 15 heteroatoms. The number of rotatable bonds is 12. The number of β-lactam (4-membered cyclic amide) rings is 1. The van der Waals surface area contributed by atoms with Crippen molar-refractivity contribution in [3.63, 3.8) is 0 Å². The van der Waals surface area contributed by atoms with Gasteiger partial charge in [-0.1, -0.05) is 23.2 Å². The predicted octanol–water partition coefficient (Wildman–Crippen LogP) is 3.58. The SMILES string of the molecule is CC(C)(C[n+]1ccc(SCC2=C(C(=O)O)N3C(=O)[C@H](NC(=O)CSc4cc(Cl)ccc4Cl)[C@H]3SC2)cc1)C(=O)C(=O)O. The van der Waals surface area contributed by atoms with Crippen molar-refractivity contribution in [3.8, 4) is 0 Å². The quantitative estimate of drug-likeness (QED) is 0.133. The lowest BCUT2D eigenvalue weighted by atomic mass is 9.88. The lowest BCUT2D eigenvalue weighted by Crippen LogP contribution is -2.70. The zero-order valence-electron chi connectivity index (χ0n) is 22.3. The van der Waals surface area contributed by atoms with Crippen LogP contribution in [0, 0.1) is 5.41 Å². The average Bonchev–Trinajstić information content (AvgIpc) is 2.94. The molecule has 0 spiro atoms. The second-order valence-corrected chi connectivity index (χ2v) is 14.1. The molecule has 1 fully saturated rings. The number of benzene rings is 1. The molecule has 1 saturated heterocycles. The molecule has 3 N–H and O–H groups in total. The Balaban J connectivity index is 1.35. The number of fused-ring (bicyclic) bond motifs is 1. The fraction of sp³-hybridized carbons (Fsp3) is 0.333. The normalized spacial score (nSPS) is 18.3. The van der Waals surface area contributed by atoms with Gasteiger partial charge >= 0.3 is 11.9 Å². The first-order valence-corrected chi connectivity index (χ1v) is 16.2. The van der Waals surface area contributed by atoms with Crippen LogP contribution < -0.4 is 9.88 Å². The van der Waals surface area contributed by atoms with Gasteiger partial charge in [0, 0.05) is 38.5 Å². The van der Waals surface area contributed by atoms with Crippen molar-refractivity contribution >= 4 is 88.0 Å². The van der Waals surface area contributed by atoms with Gasteiger partial charge in [-0.15, -0.1) is 35.3 Å². The summed E-state index contributed by atoms with van der Waals surface area (Å²) in [5.74, 6) is -3.72. The van der Waals surface area contributed by atoms with Gasteiger partial charge < -0.3 is 15.5 Å². The van der Waals surface area contributed by atoms with Gasteiger partial charge in [0.15, 0.2) is 18.9 Å². The fourth-order valence-electron chi connectivity index (χ4n) is 4.37. The molecule has 0 saturated carbocycles. The van der Waals surface area contributed by atoms with E-state index < -0.39 is 40.5 Å². The number of hydrogen-bond donors (Lipinski definition) is 3. The van der Waals surface area contributed by atoms with Crippen LogP contribution in [0.25, 0.3) is 0 Å². The third-order valence-corrected chi connectivity index (χ3v) is 10.6. The maximum absolute atomic E-state index is 13.0. The van der Waals surface area contributed by atoms with Crippen molar-refractivity contribution in [2.24, 2.45) is 5.41 Å². The van der Waals surface area contributed by atoms with E-state index in [1.165, 1.54) is 40.2 Å². The lowest BCUT2D eigenvalue weighted by Gasteiger charge is -2.49. The molecule has 0 aliphatic carbocycles. The van der Waals surface area contributed by atoms with E-state index >= 15 is 0 Å². The standard InChI is InChI=1S/C27H25Cl2N3O7S3/c1-27(2,22(34)26(38)39)13-31-7-5-16(6-8-31)40-10-14-11-42-24-20(23(35)32(24)21(14)25(36)37)30-19(33)12-41-18-9-15(28)3-4-17(18)29/h3-9,20,24H,10-13H2,1-2H3,(H2-,30,33,36,37,38,39)/p+1/t20-,24+/m0/s1. The van der Waals surface area contributed by atoms with Crippen LogP contribution in [-0.2, 0) is 30.5 Å². The van der Waals surface area contributed by atoms with Crippen molar-refractivity contribution < 1.29 is 38.8 Å². The number of Topliss-reactive ketones (excluding diaryl/α,β-unsaturated/α-hetero) is 1. The number of carboxylic acids is 2. The summed E-state index contributed by atoms with van der Waals surface area (Å²) in [6.45, 7) is 3.31. The van der Waals surface area contributed by atoms with Crippen LogP contribution in [0.2, 0.25) is 10.0 Å². The van der Waals surface area contributed by atoms with E-state index in [9.17, 15) is 29.1 Å². The number of aliphatic carboxylic acids is 2. The van der Waals surface area contributed by atoms with E-state index in [2.05, 4.69) is 5.32 Å². The molecule has 2 aliphatic rings. The minimum Gasteiger partial charge on any atom is -0.477 e. The highest BCUT2D eigenvalue weighted by molar-refractivity contribution is 8.01. The zero-order valence-corrected chi connectivity index (χ0v) is 26.3. The molecular weight excluding hydrogens is 645 g/mol. The Bertz CT molecular complexity index is 1480. The van der Waals surface area contributed by atoms with Gasteiger partial charge in [-0.25, -0.2) is 14.2 Å². The highest BCUT2D eigenvalue weighted by atomic mass is 35.5. The van der Waals surface area contributed by atoms with Crippen LogP contribution in [0.5, 0.6) is 0 Å². The zero-order chi connectivity index (χ0) is 30.8. The van der Waals surface area contributed by atoms with Crippen LogP contribution in [0.3, 0.4) is 0 Å². The number of thioether (sulfide) groups is 3. The fourth-order valence-corrected chi connectivity index (χ4v) is 8.05. The molecule has 0 unspecified atom stereocenters. The monoisotopic (exact) mass is 670 g/mol. The summed E-state index contributed by atoms with van der Waals surface area (Å²) in [5.41, 5.74) is -0.573. The van der Waals surface area contributed by atoms with E-state index in [0.29, 0.717) is 32.0 Å². The first-order chi connectivity index (χ1) is 19.8. The first kappa shape index (κ1) is 32.2. The van der Waals surface area contributed by atoms with Crippen LogP contribution >= 0.6 is 58.5 Å². The molecule has 4 rings (SSSR count). The highest BCUT2D eigenvalue weighted by Crippen LogP contribution is 2.41. The predicted molar refractivity (Wildman–Crippen MR) is 161 cm³/mol. The van der Waals surface area contributed by atoms with Crippen LogP contribution in [0.1, 0.15) is 13.8 Å². The smallest absolute Gasteiger partial charge is 0.373 e. The van der Waals surface area contributed by atoms with Gasteiger partial charge in [-0.3, -0.25) is 19.3 Å². The summed E-state index contributed by atoms with van der Waals surface area (Å²) in [5, 5.41) is 22.1. The number of carbonyl (C=O) groups is 5. The maximum Gasteiger partial charge on any atom is 0.373 e. The molecule has 222 valence electrons. The molecule has 10 nitrogen and oxygen atoms in total. The Labute approximate surface area is 264 Å². The van der Waals surface area contributed by atoms with Gasteiger partial charge in [-0.2, -0.15) is 0 Å². The number of pyridine rings is 1. The Morgan fingerprint density at radius 1 is 1.12 bits per heavy atom. The molecule has 3 heterocycles. The van der Waals surface area contributed by atoms with Crippen molar-refractivity contribution in [1.29, 1.82) is 0 Å². The molecule has 2 aromatic rings. The van der Waals surface area contributed by atoms with Gasteiger partial charge in [0.05, 0.1) is 16.2 Å². The molecule has 42 heavy (non-hydrogen) atoms. The first-order valence-electron chi connectivity index (χ1n) is 12.5. The van der Waals surface area contributed by atoms with Gasteiger partial charge in [0.2, 0.25) is 5.91 Å². The third kappa shape index (κ3) is 7.25. The van der Waals surface area contributed by atoms with Crippen LogP contribution in [-0.4, -0.2) is 73.3 Å². The molecule has 1 aromatic heterocycles. The number of ketones is 1. The highest BCUT2D eigenvalue weighted by Gasteiger charge is 2.54. The van der Waals surface area contributed by atoms with Gasteiger partial charge in [-0.05, 0) is 37.6 Å². The summed E-state index contributed by atoms with van der Waals surface area (Å²) < 4.78 is 1.71. The van der Waals surface area contributed by atoms with E-state index in [-0.39, 0.29) is 23.9 Å². The second-order valence-electron chi connectivity index (χ2n) is 10.1. The summed E-state index contributed by atoms with van der Waals surface area (Å²) >= 11 is 16.1. The number of nitrogens with one attached hydrogen (secondary N) is 1. The molecular formula is C27H26Cl2N3O7S3+. The second kappa shape index (κ2) is 13.3. The van der Waals surface area contributed by atoms with Crippen molar-refractivity contribution in [3.05, 3.63) is 64.0 Å². The van der Waals surface area contributed by atoms with Crippen LogP contribution in [0.15, 0.2) is 63.8 Å². The number of nitrogens with zero attached hydrogens (tertiary/aromatic N) is 2. The Morgan fingerprint density at radius 2 is 1.81 bits per heavy atom. The van der Waals surface area contributed by atoms with Crippen molar-refractivity contribution in [1.82, 2.24) is 10.2 Å². The maximum atomic E-state index is 13.0. The van der Waals surface area contributed by atoms with E-state index in [4.69, 9.17) is 28.3 Å². The molecule has 2 aliphatic heterocycles. The van der Waals surface area contributed by atoms with E-state index in [1.54, 1.807) is 61.1 Å². The van der Waals surface area contributed by atoms with Gasteiger partial charge in [0.1, 0.15) is 17.1 Å². The Kier molecular flexibility index (Phi) is 10.2. The van der Waals surface area contributed by atoms with Crippen molar-refractivity contribution in [2.45, 2.75) is 41.6 Å². The number of halogens is 2. The topological polar surface area (TPSA) is 145 Å². The molecule has 2 amide bonds. The Hall–Kier alpha value is -2.71. The Morgan fingerprint density at radius 3 is 2.45 bits per heavy atom. The number of hydrogen-bond acceptors (Lipinski definition) is 8. The number of carbonyl (C=O) groups excluding carboxylic acids is 3. The summed E-state index contributed by atoms with van der Waals surface area (Å²) in [6.07, 6.45) is 3.45. The number of carboxylic acid groups (broad SMARTS) is 2. The molecule has 2 atom stereocenters. The molecule has 0 radical (unpaired) electrons. The average molecular weight is 672 g/mol. The molecule has 0 bridgehead atoms. The molecule has 1 aromatic carbocycles. The summed E-state index contributed by atoms with van der Waals surface area (Å²) in [4.78, 5) is 63.4. The van der Waals surface area contributed by atoms with Crippen LogP contribution in [0.4, 0.5) is 0 Å². The summed E-state index contributed by atoms with van der Waals surface area (Å²) in [7, 11) is 0. The third-order valence-electron chi connectivity index (χ3n) is 6.48. The van der Waals surface area contributed by atoms with Gasteiger partial charge in [0.25, 0.3) is 11.7 Å². The minimum atomic E-state index is -1.48. The largest absolute Gasteiger partial charge is 0.477 e. The summed E-state index contributed by atoms with van der Waals surface area (Å²) in [6, 6.07) is 7.68. The van der Waals surface area contributed by atoms with E-state index in [0.717, 1.165) is 4.90 Å².